The molecular weight excluding hydrogens is 222 g/mol. The highest BCUT2D eigenvalue weighted by Crippen LogP contribution is 2.14. The van der Waals surface area contributed by atoms with Crippen LogP contribution in [0.1, 0.15) is 10.4 Å². The van der Waals surface area contributed by atoms with E-state index in [1.165, 1.54) is 12.1 Å². The van der Waals surface area contributed by atoms with Crippen LogP contribution >= 0.6 is 0 Å². The maximum Gasteiger partial charge on any atom is 0.337 e. The van der Waals surface area contributed by atoms with Crippen LogP contribution in [0.5, 0.6) is 0 Å². The van der Waals surface area contributed by atoms with Crippen LogP contribution in [0.2, 0.25) is 0 Å². The fourth-order valence-corrected chi connectivity index (χ4v) is 1.14. The van der Waals surface area contributed by atoms with Crippen LogP contribution < -0.4 is 5.32 Å². The Balaban J connectivity index is 2.67. The van der Waals surface area contributed by atoms with E-state index in [0.29, 0.717) is 5.69 Å². The van der Waals surface area contributed by atoms with Crippen molar-refractivity contribution in [3.63, 3.8) is 0 Å². The summed E-state index contributed by atoms with van der Waals surface area (Å²) in [6.07, 6.45) is 0. The molecule has 1 aromatic rings. The lowest BCUT2D eigenvalue weighted by molar-refractivity contribution is 0.0698. The van der Waals surface area contributed by atoms with Gasteiger partial charge in [-0.15, -0.1) is 0 Å². The monoisotopic (exact) mass is 231 g/mol. The Morgan fingerprint density at radius 1 is 1.47 bits per heavy atom. The Kier molecular flexibility index (Phi) is 4.22. The SMILES string of the molecule is O=C(O)c1ccccc1NCOS(=O)O. The number of rotatable bonds is 5. The number of benzene rings is 1. The van der Waals surface area contributed by atoms with Gasteiger partial charge in [0, 0.05) is 0 Å². The van der Waals surface area contributed by atoms with Gasteiger partial charge in [-0.05, 0) is 12.1 Å². The van der Waals surface area contributed by atoms with Crippen molar-refractivity contribution in [2.24, 2.45) is 0 Å². The molecule has 82 valence electrons. The molecule has 1 rings (SSSR count). The molecule has 0 amide bonds. The summed E-state index contributed by atoms with van der Waals surface area (Å²) < 4.78 is 22.7. The molecule has 15 heavy (non-hydrogen) atoms. The predicted octanol–water partition coefficient (Wildman–Crippen LogP) is 0.907. The summed E-state index contributed by atoms with van der Waals surface area (Å²) in [7, 11) is 0. The van der Waals surface area contributed by atoms with Crippen molar-refractivity contribution in [1.82, 2.24) is 0 Å². The number of aromatic carboxylic acids is 1. The maximum atomic E-state index is 10.7. The molecule has 0 bridgehead atoms. The highest BCUT2D eigenvalue weighted by molar-refractivity contribution is 7.74. The first-order valence-electron chi connectivity index (χ1n) is 3.91. The first kappa shape index (κ1) is 11.6. The van der Waals surface area contributed by atoms with E-state index in [1.54, 1.807) is 12.1 Å². The van der Waals surface area contributed by atoms with Crippen LogP contribution in [-0.4, -0.2) is 26.6 Å². The van der Waals surface area contributed by atoms with Crippen molar-refractivity contribution in [2.75, 3.05) is 12.0 Å². The van der Waals surface area contributed by atoms with Gasteiger partial charge < -0.3 is 10.4 Å². The zero-order valence-corrected chi connectivity index (χ0v) is 8.36. The Hall–Kier alpha value is -1.44. The van der Waals surface area contributed by atoms with E-state index in [2.05, 4.69) is 9.50 Å². The molecule has 1 atom stereocenters. The van der Waals surface area contributed by atoms with Gasteiger partial charge in [-0.1, -0.05) is 12.1 Å². The fourth-order valence-electron chi connectivity index (χ4n) is 0.981. The summed E-state index contributed by atoms with van der Waals surface area (Å²) in [4.78, 5) is 10.7. The number of anilines is 1. The molecule has 0 aliphatic heterocycles. The molecule has 3 N–H and O–H groups in total. The largest absolute Gasteiger partial charge is 0.478 e. The molecule has 0 spiro atoms. The van der Waals surface area contributed by atoms with Crippen LogP contribution in [0.4, 0.5) is 5.69 Å². The summed E-state index contributed by atoms with van der Waals surface area (Å²) in [6.45, 7) is -0.243. The average molecular weight is 231 g/mol. The predicted molar refractivity (Wildman–Crippen MR) is 53.7 cm³/mol. The van der Waals surface area contributed by atoms with Gasteiger partial charge >= 0.3 is 17.3 Å². The lowest BCUT2D eigenvalue weighted by atomic mass is 10.2. The number of carboxylic acid groups (broad SMARTS) is 1. The van der Waals surface area contributed by atoms with E-state index < -0.39 is 17.3 Å². The van der Waals surface area contributed by atoms with Crippen molar-refractivity contribution in [3.8, 4) is 0 Å². The second-order valence-electron chi connectivity index (χ2n) is 2.51. The van der Waals surface area contributed by atoms with Crippen LogP contribution in [0.3, 0.4) is 0 Å². The van der Waals surface area contributed by atoms with Crippen molar-refractivity contribution >= 4 is 23.0 Å². The molecule has 6 nitrogen and oxygen atoms in total. The molecule has 1 unspecified atom stereocenters. The molecule has 0 radical (unpaired) electrons. The molecule has 0 aliphatic rings. The van der Waals surface area contributed by atoms with Gasteiger partial charge in [0.1, 0.15) is 6.73 Å². The van der Waals surface area contributed by atoms with E-state index in [4.69, 9.17) is 9.66 Å². The summed E-state index contributed by atoms with van der Waals surface area (Å²) in [5, 5.41) is 11.4. The van der Waals surface area contributed by atoms with Gasteiger partial charge in [-0.3, -0.25) is 4.55 Å². The van der Waals surface area contributed by atoms with Crippen molar-refractivity contribution in [1.29, 1.82) is 0 Å². The minimum Gasteiger partial charge on any atom is -0.478 e. The molecule has 0 aromatic heterocycles. The Morgan fingerprint density at radius 2 is 2.13 bits per heavy atom. The van der Waals surface area contributed by atoms with Gasteiger partial charge in [0.15, 0.2) is 0 Å². The topological polar surface area (TPSA) is 95.9 Å². The van der Waals surface area contributed by atoms with Crippen LogP contribution in [0, 0.1) is 0 Å². The van der Waals surface area contributed by atoms with E-state index in [9.17, 15) is 9.00 Å². The fraction of sp³-hybridized carbons (Fsp3) is 0.125. The molecule has 0 fully saturated rings. The van der Waals surface area contributed by atoms with Gasteiger partial charge in [0.25, 0.3) is 0 Å². The first-order valence-corrected chi connectivity index (χ1v) is 4.95. The Labute approximate surface area is 88.4 Å². The number of carbonyl (C=O) groups is 1. The van der Waals surface area contributed by atoms with E-state index in [0.717, 1.165) is 0 Å². The highest BCUT2D eigenvalue weighted by atomic mass is 32.2. The lowest BCUT2D eigenvalue weighted by Gasteiger charge is -2.07. The molecule has 0 saturated carbocycles. The molecule has 0 aliphatic carbocycles. The van der Waals surface area contributed by atoms with Crippen LogP contribution in [-0.2, 0) is 15.5 Å². The van der Waals surface area contributed by atoms with Crippen LogP contribution in [0.15, 0.2) is 24.3 Å². The molecular formula is C8H9NO5S. The van der Waals surface area contributed by atoms with Gasteiger partial charge in [0.05, 0.1) is 11.3 Å². The molecule has 1 aromatic carbocycles. The quantitative estimate of drug-likeness (QED) is 0.515. The molecule has 0 heterocycles. The zero-order valence-electron chi connectivity index (χ0n) is 7.54. The molecule has 7 heteroatoms. The summed E-state index contributed by atoms with van der Waals surface area (Å²) in [5.41, 5.74) is 0.403. The average Bonchev–Trinajstić information content (AvgIpc) is 2.17. The van der Waals surface area contributed by atoms with Crippen LogP contribution in [0.25, 0.3) is 0 Å². The summed E-state index contributed by atoms with van der Waals surface area (Å²) in [5.74, 6) is -1.08. The third-order valence-electron chi connectivity index (χ3n) is 1.58. The van der Waals surface area contributed by atoms with Gasteiger partial charge in [0.2, 0.25) is 0 Å². The second kappa shape index (κ2) is 5.44. The number of carboxylic acids is 1. The lowest BCUT2D eigenvalue weighted by Crippen LogP contribution is -2.10. The highest BCUT2D eigenvalue weighted by Gasteiger charge is 2.08. The number of nitrogens with one attached hydrogen (secondary N) is 1. The first-order chi connectivity index (χ1) is 7.11. The van der Waals surface area contributed by atoms with Crippen molar-refractivity contribution in [2.45, 2.75) is 0 Å². The zero-order chi connectivity index (χ0) is 11.3. The minimum absolute atomic E-state index is 0.0739. The van der Waals surface area contributed by atoms with E-state index in [-0.39, 0.29) is 12.3 Å². The Morgan fingerprint density at radius 3 is 2.73 bits per heavy atom. The number of hydrogen-bond donors (Lipinski definition) is 3. The van der Waals surface area contributed by atoms with Gasteiger partial charge in [-0.25, -0.2) is 8.98 Å². The van der Waals surface area contributed by atoms with E-state index >= 15 is 0 Å². The third-order valence-corrected chi connectivity index (χ3v) is 1.90. The van der Waals surface area contributed by atoms with Crippen molar-refractivity contribution < 1.29 is 22.8 Å². The summed E-state index contributed by atoms with van der Waals surface area (Å²) >= 11 is -2.37. The molecule has 0 saturated heterocycles. The standard InChI is InChI=1S/C8H9NO5S/c10-8(11)6-3-1-2-4-7(6)9-5-14-15(12)13/h1-4,9H,5H2,(H,10,11)(H,12,13). The number of para-hydroxylation sites is 1. The minimum atomic E-state index is -2.37. The number of hydrogen-bond acceptors (Lipinski definition) is 4. The second-order valence-corrected chi connectivity index (χ2v) is 3.18. The Bertz CT molecular complexity index is 381. The van der Waals surface area contributed by atoms with Crippen molar-refractivity contribution in [3.05, 3.63) is 29.8 Å². The normalized spacial score (nSPS) is 12.1. The smallest absolute Gasteiger partial charge is 0.337 e. The summed E-state index contributed by atoms with van der Waals surface area (Å²) in [6, 6.07) is 6.18. The third kappa shape index (κ3) is 3.66. The maximum absolute atomic E-state index is 10.7. The van der Waals surface area contributed by atoms with Gasteiger partial charge in [-0.2, -0.15) is 4.21 Å². The van der Waals surface area contributed by atoms with E-state index in [1.807, 2.05) is 0 Å².